The molecule has 2 aliphatic rings. The molecule has 0 amide bonds. The van der Waals surface area contributed by atoms with Crippen molar-refractivity contribution in [2.45, 2.75) is 5.41 Å². The van der Waals surface area contributed by atoms with Crippen LogP contribution in [0.3, 0.4) is 0 Å². The van der Waals surface area contributed by atoms with Crippen molar-refractivity contribution in [2.75, 3.05) is 0 Å². The number of hydrogen-bond acceptors (Lipinski definition) is 4. The number of fused-ring (bicyclic) bond motifs is 12. The molecule has 0 fully saturated rings. The summed E-state index contributed by atoms with van der Waals surface area (Å²) < 4.78 is 1.21. The zero-order valence-electron chi connectivity index (χ0n) is 25.7. The third-order valence-electron chi connectivity index (χ3n) is 9.90. The van der Waals surface area contributed by atoms with E-state index in [9.17, 15) is 0 Å². The van der Waals surface area contributed by atoms with Crippen LogP contribution in [0.5, 0.6) is 0 Å². The van der Waals surface area contributed by atoms with Crippen LogP contribution in [0.2, 0.25) is 0 Å². The molecule has 2 aliphatic carbocycles. The van der Waals surface area contributed by atoms with Crippen LogP contribution in [0.15, 0.2) is 145 Å². The van der Waals surface area contributed by atoms with E-state index in [2.05, 4.69) is 90.2 Å². The Morgan fingerprint density at radius 1 is 0.500 bits per heavy atom. The fraction of sp³-hybridized carbons (Fsp3) is 0.0227. The van der Waals surface area contributed by atoms with Gasteiger partial charge in [-0.15, -0.1) is 17.8 Å². The van der Waals surface area contributed by atoms with Gasteiger partial charge >= 0.3 is 0 Å². The lowest BCUT2D eigenvalue weighted by Gasteiger charge is -2.30. The first-order chi connectivity index (χ1) is 23.8. The molecule has 1 atom stereocenters. The molecule has 0 aliphatic heterocycles. The Kier molecular flexibility index (Phi) is 5.72. The fourth-order valence-corrected chi connectivity index (χ4v) is 8.85. The van der Waals surface area contributed by atoms with Gasteiger partial charge in [0.1, 0.15) is 0 Å². The van der Waals surface area contributed by atoms with Crippen molar-refractivity contribution >= 4 is 21.4 Å². The van der Waals surface area contributed by atoms with Crippen LogP contribution in [-0.2, 0) is 5.41 Å². The molecule has 2 heterocycles. The average molecular weight is 628 g/mol. The third-order valence-corrected chi connectivity index (χ3v) is 10.9. The number of benzene rings is 6. The number of rotatable bonds is 3. The van der Waals surface area contributed by atoms with Crippen molar-refractivity contribution in [1.29, 1.82) is 0 Å². The SMILES string of the molecule is C#Cc1csc2ccc3c(c12)-c1ccccc1C31c2ccccc2-c2ccc(-c3nc(-c4ccccc4)nc(-c4ccccc4)n3)cc21. The van der Waals surface area contributed by atoms with E-state index in [-0.39, 0.29) is 0 Å². The second-order valence-electron chi connectivity index (χ2n) is 12.3. The average Bonchev–Trinajstić information content (AvgIpc) is 3.81. The highest BCUT2D eigenvalue weighted by Gasteiger charge is 2.52. The van der Waals surface area contributed by atoms with Crippen LogP contribution in [-0.4, -0.2) is 15.0 Å². The van der Waals surface area contributed by atoms with Crippen molar-refractivity contribution in [3.63, 3.8) is 0 Å². The smallest absolute Gasteiger partial charge is 0.164 e. The molecule has 48 heavy (non-hydrogen) atoms. The van der Waals surface area contributed by atoms with Crippen molar-refractivity contribution in [1.82, 2.24) is 15.0 Å². The zero-order valence-corrected chi connectivity index (χ0v) is 26.5. The molecule has 0 radical (unpaired) electrons. The molecule has 8 aromatic rings. The molecule has 0 N–H and O–H groups in total. The predicted molar refractivity (Wildman–Crippen MR) is 196 cm³/mol. The van der Waals surface area contributed by atoms with Crippen LogP contribution in [0.4, 0.5) is 0 Å². The van der Waals surface area contributed by atoms with E-state index in [1.165, 1.54) is 54.6 Å². The summed E-state index contributed by atoms with van der Waals surface area (Å²) in [6.45, 7) is 0. The van der Waals surface area contributed by atoms with Crippen LogP contribution in [0.25, 0.3) is 66.5 Å². The lowest BCUT2D eigenvalue weighted by atomic mass is 9.70. The number of hydrogen-bond donors (Lipinski definition) is 0. The summed E-state index contributed by atoms with van der Waals surface area (Å²) >= 11 is 1.72. The van der Waals surface area contributed by atoms with Crippen molar-refractivity contribution in [2.24, 2.45) is 0 Å². The molecule has 10 rings (SSSR count). The standard InChI is InChI=1S/C44H25N3S/c1-2-27-26-48-38-24-23-36-40(39(27)38)33-18-10-12-20-35(33)44(36)34-19-11-9-17-31(34)32-22-21-30(25-37(32)44)43-46-41(28-13-5-3-6-14-28)45-42(47-43)29-15-7-4-8-16-29/h1,3-26H. The van der Waals surface area contributed by atoms with Gasteiger partial charge in [-0.05, 0) is 56.6 Å². The van der Waals surface area contributed by atoms with E-state index in [0.717, 1.165) is 22.3 Å². The summed E-state index contributed by atoms with van der Waals surface area (Å²) in [6, 6.07) is 49.3. The zero-order chi connectivity index (χ0) is 31.8. The third kappa shape index (κ3) is 3.62. The van der Waals surface area contributed by atoms with E-state index in [1.54, 1.807) is 11.3 Å². The molecule has 222 valence electrons. The Bertz CT molecular complexity index is 2570. The Morgan fingerprint density at radius 3 is 1.73 bits per heavy atom. The maximum Gasteiger partial charge on any atom is 0.164 e. The number of thiophene rings is 1. The van der Waals surface area contributed by atoms with Gasteiger partial charge in [-0.1, -0.05) is 133 Å². The van der Waals surface area contributed by atoms with Gasteiger partial charge in [0.05, 0.1) is 5.41 Å². The monoisotopic (exact) mass is 627 g/mol. The van der Waals surface area contributed by atoms with Gasteiger partial charge < -0.3 is 0 Å². The second kappa shape index (κ2) is 10.2. The highest BCUT2D eigenvalue weighted by atomic mass is 32.1. The molecule has 4 heteroatoms. The number of aromatic nitrogens is 3. The lowest BCUT2D eigenvalue weighted by molar-refractivity contribution is 0.794. The maximum absolute atomic E-state index is 6.10. The summed E-state index contributed by atoms with van der Waals surface area (Å²) in [5.74, 6) is 4.93. The Hall–Kier alpha value is -6.15. The van der Waals surface area contributed by atoms with Crippen LogP contribution >= 0.6 is 11.3 Å². The predicted octanol–water partition coefficient (Wildman–Crippen LogP) is 10.4. The van der Waals surface area contributed by atoms with Gasteiger partial charge in [-0.2, -0.15) is 0 Å². The summed E-state index contributed by atoms with van der Waals surface area (Å²) in [5.41, 5.74) is 13.3. The van der Waals surface area contributed by atoms with Gasteiger partial charge in [-0.25, -0.2) is 15.0 Å². The highest BCUT2D eigenvalue weighted by molar-refractivity contribution is 7.17. The minimum Gasteiger partial charge on any atom is -0.208 e. The van der Waals surface area contributed by atoms with Gasteiger partial charge in [0.25, 0.3) is 0 Å². The normalized spacial score (nSPS) is 15.1. The Labute approximate surface area is 282 Å². The molecule has 3 nitrogen and oxygen atoms in total. The Morgan fingerprint density at radius 2 is 1.06 bits per heavy atom. The molecule has 1 spiro atoms. The quantitative estimate of drug-likeness (QED) is 0.183. The van der Waals surface area contributed by atoms with E-state index < -0.39 is 5.41 Å². The largest absolute Gasteiger partial charge is 0.208 e. The van der Waals surface area contributed by atoms with E-state index >= 15 is 0 Å². The molecule has 1 unspecified atom stereocenters. The van der Waals surface area contributed by atoms with Gasteiger partial charge in [-0.3, -0.25) is 0 Å². The van der Waals surface area contributed by atoms with Gasteiger partial charge in [0.15, 0.2) is 17.5 Å². The molecule has 0 bridgehead atoms. The molecular weight excluding hydrogens is 603 g/mol. The first kappa shape index (κ1) is 27.0. The Balaban J connectivity index is 1.28. The van der Waals surface area contributed by atoms with Crippen LogP contribution in [0.1, 0.15) is 27.8 Å². The molecule has 0 saturated carbocycles. The van der Waals surface area contributed by atoms with Crippen LogP contribution < -0.4 is 0 Å². The summed E-state index contributed by atoms with van der Waals surface area (Å²) in [7, 11) is 0. The van der Waals surface area contributed by atoms with E-state index in [0.29, 0.717) is 17.5 Å². The number of nitrogens with zero attached hydrogens (tertiary/aromatic N) is 3. The minimum absolute atomic E-state index is 0.520. The van der Waals surface area contributed by atoms with Gasteiger partial charge in [0.2, 0.25) is 0 Å². The van der Waals surface area contributed by atoms with Crippen molar-refractivity contribution in [3.8, 4) is 68.8 Å². The fourth-order valence-electron chi connectivity index (χ4n) is 7.94. The molecule has 2 aromatic heterocycles. The summed E-state index contributed by atoms with van der Waals surface area (Å²) in [5, 5.41) is 3.28. The first-order valence-electron chi connectivity index (χ1n) is 16.0. The summed E-state index contributed by atoms with van der Waals surface area (Å²) in [4.78, 5) is 15.1. The first-order valence-corrected chi connectivity index (χ1v) is 16.9. The topological polar surface area (TPSA) is 38.7 Å². The maximum atomic E-state index is 6.10. The van der Waals surface area contributed by atoms with Gasteiger partial charge in [0, 0.05) is 37.7 Å². The van der Waals surface area contributed by atoms with E-state index in [1.807, 2.05) is 60.7 Å². The lowest BCUT2D eigenvalue weighted by Crippen LogP contribution is -2.25. The number of terminal acetylenes is 1. The van der Waals surface area contributed by atoms with Crippen molar-refractivity contribution < 1.29 is 0 Å². The van der Waals surface area contributed by atoms with E-state index in [4.69, 9.17) is 21.4 Å². The second-order valence-corrected chi connectivity index (χ2v) is 13.2. The molecule has 6 aromatic carbocycles. The van der Waals surface area contributed by atoms with Crippen molar-refractivity contribution in [3.05, 3.63) is 173 Å². The molecular formula is C44H25N3S. The highest BCUT2D eigenvalue weighted by Crippen LogP contribution is 2.64. The van der Waals surface area contributed by atoms with Crippen LogP contribution in [0, 0.1) is 12.3 Å². The minimum atomic E-state index is -0.520. The molecule has 0 saturated heterocycles. The summed E-state index contributed by atoms with van der Waals surface area (Å²) in [6.07, 6.45) is 6.10.